The highest BCUT2D eigenvalue weighted by molar-refractivity contribution is 6.20. The standard InChI is InChI=1S/C41H29N4O/c1-2-37-42-34-14-8-9-15-35(34)45(37)30-22-20-27(21-23-30)26-16-18-28(19-17-26)39-32-24-25-36-40(38(32)31-12-6-7-13-33(31)43-39)44-41(46-36)29-10-4-3-5-11-29/h3-25,34H,2H2,1H3/q+1. The number of aliphatic imine (C=N–C) groups is 1. The van der Waals surface area contributed by atoms with Crippen LogP contribution in [0.2, 0.25) is 0 Å². The van der Waals surface area contributed by atoms with Crippen LogP contribution in [0.3, 0.4) is 0 Å². The van der Waals surface area contributed by atoms with Crippen LogP contribution in [0, 0.1) is 0 Å². The van der Waals surface area contributed by atoms with Crippen LogP contribution in [0.25, 0.3) is 66.6 Å². The quantitative estimate of drug-likeness (QED) is 0.147. The lowest BCUT2D eigenvalue weighted by Gasteiger charge is -2.11. The topological polar surface area (TPSA) is 54.3 Å². The predicted molar refractivity (Wildman–Crippen MR) is 188 cm³/mol. The lowest BCUT2D eigenvalue weighted by atomic mass is 9.97. The molecule has 0 radical (unpaired) electrons. The molecular formula is C41H29N4O+. The maximum atomic E-state index is 6.25. The van der Waals surface area contributed by atoms with Gasteiger partial charge in [-0.1, -0.05) is 96.9 Å². The normalized spacial score (nSPS) is 15.7. The Labute approximate surface area is 266 Å². The molecule has 0 fully saturated rings. The second-order valence-electron chi connectivity index (χ2n) is 11.7. The summed E-state index contributed by atoms with van der Waals surface area (Å²) in [6.45, 7) is 2.16. The van der Waals surface area contributed by atoms with E-state index in [0.717, 1.165) is 73.1 Å². The fourth-order valence-electron chi connectivity index (χ4n) is 6.73. The lowest BCUT2D eigenvalue weighted by Crippen LogP contribution is -2.21. The summed E-state index contributed by atoms with van der Waals surface area (Å²) >= 11 is 0. The molecule has 46 heavy (non-hydrogen) atoms. The molecule has 3 heterocycles. The third-order valence-electron chi connectivity index (χ3n) is 8.95. The maximum Gasteiger partial charge on any atom is 0.298 e. The van der Waals surface area contributed by atoms with Crippen LogP contribution in [0.15, 0.2) is 149 Å². The van der Waals surface area contributed by atoms with Crippen molar-refractivity contribution in [3.05, 3.63) is 140 Å². The van der Waals surface area contributed by atoms with Crippen molar-refractivity contribution >= 4 is 50.0 Å². The van der Waals surface area contributed by atoms with Crippen molar-refractivity contribution < 1.29 is 8.99 Å². The first-order valence-corrected chi connectivity index (χ1v) is 15.7. The zero-order valence-corrected chi connectivity index (χ0v) is 25.3. The predicted octanol–water partition coefficient (Wildman–Crippen LogP) is 9.93. The number of oxazole rings is 1. The second-order valence-corrected chi connectivity index (χ2v) is 11.7. The Morgan fingerprint density at radius 2 is 1.41 bits per heavy atom. The molecule has 5 heteroatoms. The first-order chi connectivity index (χ1) is 22.7. The zero-order chi connectivity index (χ0) is 30.6. The third kappa shape index (κ3) is 4.24. The van der Waals surface area contributed by atoms with Gasteiger partial charge in [0.25, 0.3) is 5.84 Å². The highest BCUT2D eigenvalue weighted by atomic mass is 16.3. The van der Waals surface area contributed by atoms with Gasteiger partial charge in [-0.05, 0) is 65.7 Å². The monoisotopic (exact) mass is 593 g/mol. The number of allylic oxidation sites excluding steroid dienone is 2. The molecule has 0 spiro atoms. The Hall–Kier alpha value is -5.94. The molecule has 1 unspecified atom stereocenters. The van der Waals surface area contributed by atoms with Gasteiger partial charge in [0, 0.05) is 27.3 Å². The molecule has 7 aromatic rings. The van der Waals surface area contributed by atoms with Crippen LogP contribution in [-0.4, -0.2) is 32.1 Å². The number of nitrogens with zero attached hydrogens (tertiary/aromatic N) is 4. The van der Waals surface area contributed by atoms with Gasteiger partial charge in [-0.2, -0.15) is 4.58 Å². The van der Waals surface area contributed by atoms with Gasteiger partial charge in [0.2, 0.25) is 11.9 Å². The summed E-state index contributed by atoms with van der Waals surface area (Å²) in [6.07, 6.45) is 9.38. The molecule has 5 nitrogen and oxygen atoms in total. The number of amidine groups is 1. The highest BCUT2D eigenvalue weighted by Crippen LogP contribution is 2.38. The van der Waals surface area contributed by atoms with Crippen molar-refractivity contribution in [1.29, 1.82) is 0 Å². The van der Waals surface area contributed by atoms with E-state index in [1.54, 1.807) is 0 Å². The van der Waals surface area contributed by atoms with Gasteiger partial charge in [-0.15, -0.1) is 0 Å². The first kappa shape index (κ1) is 26.5. The number of benzene rings is 5. The van der Waals surface area contributed by atoms with E-state index in [1.807, 2.05) is 42.5 Å². The molecule has 0 N–H and O–H groups in total. The van der Waals surface area contributed by atoms with Crippen molar-refractivity contribution in [2.24, 2.45) is 4.99 Å². The van der Waals surface area contributed by atoms with Crippen LogP contribution < -0.4 is 0 Å². The van der Waals surface area contributed by atoms with E-state index in [0.29, 0.717) is 5.89 Å². The molecule has 0 saturated heterocycles. The molecule has 1 aliphatic heterocycles. The minimum absolute atomic E-state index is 0.110. The highest BCUT2D eigenvalue weighted by Gasteiger charge is 2.35. The number of hydrogen-bond acceptors (Lipinski definition) is 4. The molecule has 5 aromatic carbocycles. The summed E-state index contributed by atoms with van der Waals surface area (Å²) in [4.78, 5) is 15.1. The van der Waals surface area contributed by atoms with Gasteiger partial charge in [0.05, 0.1) is 17.6 Å². The summed E-state index contributed by atoms with van der Waals surface area (Å²) < 4.78 is 8.55. The Balaban J connectivity index is 1.11. The van der Waals surface area contributed by atoms with E-state index >= 15 is 0 Å². The number of rotatable bonds is 5. The number of pyridine rings is 1. The third-order valence-corrected chi connectivity index (χ3v) is 8.95. The van der Waals surface area contributed by atoms with Gasteiger partial charge >= 0.3 is 0 Å². The van der Waals surface area contributed by atoms with Gasteiger partial charge in [-0.3, -0.25) is 0 Å². The van der Waals surface area contributed by atoms with Crippen LogP contribution in [0.5, 0.6) is 0 Å². The Kier molecular flexibility index (Phi) is 6.10. The van der Waals surface area contributed by atoms with Crippen LogP contribution in [0.4, 0.5) is 5.69 Å². The maximum absolute atomic E-state index is 6.25. The molecule has 0 amide bonds. The van der Waals surface area contributed by atoms with Gasteiger partial charge in [-0.25, -0.2) is 9.97 Å². The summed E-state index contributed by atoms with van der Waals surface area (Å²) in [6, 6.07) is 40.1. The van der Waals surface area contributed by atoms with Crippen LogP contribution in [0.1, 0.15) is 13.3 Å². The van der Waals surface area contributed by atoms with E-state index in [-0.39, 0.29) is 6.04 Å². The molecular weight excluding hydrogens is 564 g/mol. The smallest absolute Gasteiger partial charge is 0.298 e. The van der Waals surface area contributed by atoms with Gasteiger partial charge < -0.3 is 4.42 Å². The lowest BCUT2D eigenvalue weighted by molar-refractivity contribution is -0.304. The number of hydrogen-bond donors (Lipinski definition) is 0. The van der Waals surface area contributed by atoms with E-state index in [1.165, 1.54) is 11.3 Å². The average molecular weight is 594 g/mol. The van der Waals surface area contributed by atoms with Crippen molar-refractivity contribution in [3.63, 3.8) is 0 Å². The molecule has 218 valence electrons. The van der Waals surface area contributed by atoms with Crippen molar-refractivity contribution in [3.8, 4) is 33.8 Å². The molecule has 0 saturated carbocycles. The van der Waals surface area contributed by atoms with E-state index in [4.69, 9.17) is 19.4 Å². The number of fused-ring (bicyclic) bond motifs is 6. The fourth-order valence-corrected chi connectivity index (χ4v) is 6.73. The van der Waals surface area contributed by atoms with E-state index < -0.39 is 0 Å². The van der Waals surface area contributed by atoms with Gasteiger partial charge in [0.15, 0.2) is 11.3 Å². The van der Waals surface area contributed by atoms with Crippen LogP contribution >= 0.6 is 0 Å². The number of para-hydroxylation sites is 1. The van der Waals surface area contributed by atoms with Gasteiger partial charge in [0.1, 0.15) is 11.2 Å². The largest absolute Gasteiger partial charge is 0.436 e. The molecule has 1 atom stereocenters. The van der Waals surface area contributed by atoms with E-state index in [2.05, 4.69) is 109 Å². The first-order valence-electron chi connectivity index (χ1n) is 15.7. The average Bonchev–Trinajstić information content (AvgIpc) is 3.74. The molecule has 2 aromatic heterocycles. The van der Waals surface area contributed by atoms with Crippen molar-refractivity contribution in [2.45, 2.75) is 19.4 Å². The minimum Gasteiger partial charge on any atom is -0.436 e. The van der Waals surface area contributed by atoms with Crippen molar-refractivity contribution in [1.82, 2.24) is 9.97 Å². The molecule has 9 rings (SSSR count). The SMILES string of the molecule is CCC1=NC2C=CC=CC2=[N+]1c1ccc(-c2ccc(-c3nc4ccccc4c4c3ccc3oc(-c5ccccc5)nc34)cc2)cc1. The zero-order valence-electron chi connectivity index (χ0n) is 25.3. The summed E-state index contributed by atoms with van der Waals surface area (Å²) in [5.74, 6) is 1.72. The minimum atomic E-state index is 0.110. The van der Waals surface area contributed by atoms with E-state index in [9.17, 15) is 0 Å². The fraction of sp³-hybridized carbons (Fsp3) is 0.0732. The second kappa shape index (κ2) is 10.6. The summed E-state index contributed by atoms with van der Waals surface area (Å²) in [7, 11) is 0. The Morgan fingerprint density at radius 3 is 2.22 bits per heavy atom. The Bertz CT molecular complexity index is 2430. The van der Waals surface area contributed by atoms with Crippen LogP contribution in [-0.2, 0) is 0 Å². The van der Waals surface area contributed by atoms with Crippen molar-refractivity contribution in [2.75, 3.05) is 0 Å². The molecule has 0 bridgehead atoms. The summed E-state index contributed by atoms with van der Waals surface area (Å²) in [5, 5.41) is 3.18. The number of aromatic nitrogens is 2. The summed E-state index contributed by atoms with van der Waals surface area (Å²) in [5.41, 5.74) is 10.2. The Morgan fingerprint density at radius 1 is 0.674 bits per heavy atom. The molecule has 1 aliphatic carbocycles. The molecule has 2 aliphatic rings.